The fourth-order valence-electron chi connectivity index (χ4n) is 1.72. The Hall–Kier alpha value is -1.97. The van der Waals surface area contributed by atoms with Crippen LogP contribution in [-0.2, 0) is 6.54 Å². The lowest BCUT2D eigenvalue weighted by Crippen LogP contribution is -2.12. The van der Waals surface area contributed by atoms with E-state index in [1.54, 1.807) is 29.9 Å². The van der Waals surface area contributed by atoms with Crippen molar-refractivity contribution >= 4 is 5.78 Å². The van der Waals surface area contributed by atoms with Gasteiger partial charge < -0.3 is 0 Å². The minimum atomic E-state index is -0.487. The number of aromatic nitrogens is 2. The lowest BCUT2D eigenvalue weighted by molar-refractivity contribution is 0.102. The maximum atomic E-state index is 13.7. The molecule has 0 aliphatic carbocycles. The largest absolute Gasteiger partial charge is 0.287 e. The Morgan fingerprint density at radius 2 is 2.18 bits per heavy atom. The summed E-state index contributed by atoms with van der Waals surface area (Å²) >= 11 is 0. The van der Waals surface area contributed by atoms with Gasteiger partial charge in [0.15, 0.2) is 0 Å². The number of halogens is 1. The topological polar surface area (TPSA) is 34.9 Å². The van der Waals surface area contributed by atoms with Gasteiger partial charge in [-0.15, -0.1) is 0 Å². The zero-order valence-corrected chi connectivity index (χ0v) is 9.77. The Bertz CT molecular complexity index is 560. The number of hydrogen-bond acceptors (Lipinski definition) is 2. The van der Waals surface area contributed by atoms with E-state index in [-0.39, 0.29) is 11.3 Å². The second-order valence-corrected chi connectivity index (χ2v) is 3.84. The summed E-state index contributed by atoms with van der Waals surface area (Å²) in [6.07, 6.45) is 1.54. The normalized spacial score (nSPS) is 10.5. The summed E-state index contributed by atoms with van der Waals surface area (Å²) in [6.45, 7) is 4.25. The maximum absolute atomic E-state index is 13.7. The molecule has 0 N–H and O–H groups in total. The van der Waals surface area contributed by atoms with Gasteiger partial charge in [0.05, 0.1) is 5.56 Å². The van der Waals surface area contributed by atoms with E-state index in [0.29, 0.717) is 12.2 Å². The predicted molar refractivity (Wildman–Crippen MR) is 62.5 cm³/mol. The summed E-state index contributed by atoms with van der Waals surface area (Å²) in [5, 5.41) is 4.00. The summed E-state index contributed by atoms with van der Waals surface area (Å²) in [5.41, 5.74) is 1.30. The molecule has 0 atom stereocenters. The smallest absolute Gasteiger partial charge is 0.213 e. The molecule has 1 aromatic carbocycles. The summed E-state index contributed by atoms with van der Waals surface area (Å²) in [5.74, 6) is -0.819. The fraction of sp³-hybridized carbons (Fsp3) is 0.231. The Balaban J connectivity index is 2.44. The van der Waals surface area contributed by atoms with Gasteiger partial charge in [0, 0.05) is 12.7 Å². The number of hydrogen-bond donors (Lipinski definition) is 0. The Morgan fingerprint density at radius 3 is 2.82 bits per heavy atom. The molecular formula is C13H13FN2O. The van der Waals surface area contributed by atoms with Crippen LogP contribution in [0.25, 0.3) is 0 Å². The van der Waals surface area contributed by atoms with Crippen molar-refractivity contribution in [3.63, 3.8) is 0 Å². The van der Waals surface area contributed by atoms with Crippen molar-refractivity contribution in [3.05, 3.63) is 53.1 Å². The van der Waals surface area contributed by atoms with Crippen molar-refractivity contribution < 1.29 is 9.18 Å². The van der Waals surface area contributed by atoms with Gasteiger partial charge in [-0.1, -0.05) is 6.07 Å². The van der Waals surface area contributed by atoms with Crippen molar-refractivity contribution in [2.75, 3.05) is 0 Å². The van der Waals surface area contributed by atoms with Crippen LogP contribution >= 0.6 is 0 Å². The zero-order chi connectivity index (χ0) is 12.4. The molecule has 1 aromatic heterocycles. The van der Waals surface area contributed by atoms with Crippen molar-refractivity contribution in [1.82, 2.24) is 9.78 Å². The molecule has 0 bridgehead atoms. The van der Waals surface area contributed by atoms with Crippen molar-refractivity contribution in [3.8, 4) is 0 Å². The first kappa shape index (κ1) is 11.5. The molecule has 1 heterocycles. The zero-order valence-electron chi connectivity index (χ0n) is 9.77. The van der Waals surface area contributed by atoms with Crippen LogP contribution in [0.1, 0.15) is 28.5 Å². The number of aryl methyl sites for hydroxylation is 2. The predicted octanol–water partition coefficient (Wildman–Crippen LogP) is 2.58. The average Bonchev–Trinajstić information content (AvgIpc) is 2.76. The SMILES string of the molecule is CCn1nccc1C(=O)c1ccc(C)cc1F. The van der Waals surface area contributed by atoms with E-state index in [0.717, 1.165) is 5.56 Å². The summed E-state index contributed by atoms with van der Waals surface area (Å²) < 4.78 is 15.2. The van der Waals surface area contributed by atoms with Crippen molar-refractivity contribution in [2.45, 2.75) is 20.4 Å². The number of benzene rings is 1. The monoisotopic (exact) mass is 232 g/mol. The number of nitrogens with zero attached hydrogens (tertiary/aromatic N) is 2. The number of carbonyl (C=O) groups is 1. The van der Waals surface area contributed by atoms with E-state index in [1.165, 1.54) is 12.1 Å². The van der Waals surface area contributed by atoms with Gasteiger partial charge in [-0.3, -0.25) is 9.48 Å². The highest BCUT2D eigenvalue weighted by atomic mass is 19.1. The molecule has 2 aromatic rings. The average molecular weight is 232 g/mol. The molecule has 88 valence electrons. The molecular weight excluding hydrogens is 219 g/mol. The van der Waals surface area contributed by atoms with Crippen LogP contribution in [0.3, 0.4) is 0 Å². The van der Waals surface area contributed by atoms with Gasteiger partial charge in [0.2, 0.25) is 5.78 Å². The van der Waals surface area contributed by atoms with E-state index in [9.17, 15) is 9.18 Å². The van der Waals surface area contributed by atoms with Crippen LogP contribution in [0.4, 0.5) is 4.39 Å². The van der Waals surface area contributed by atoms with E-state index >= 15 is 0 Å². The Labute approximate surface area is 98.9 Å². The summed E-state index contributed by atoms with van der Waals surface area (Å²) in [6, 6.07) is 6.20. The van der Waals surface area contributed by atoms with Crippen molar-refractivity contribution in [2.24, 2.45) is 0 Å². The minimum Gasteiger partial charge on any atom is -0.287 e. The number of rotatable bonds is 3. The van der Waals surface area contributed by atoms with Gasteiger partial charge in [-0.2, -0.15) is 5.10 Å². The van der Waals surface area contributed by atoms with Gasteiger partial charge >= 0.3 is 0 Å². The molecule has 0 amide bonds. The van der Waals surface area contributed by atoms with E-state index in [4.69, 9.17) is 0 Å². The fourth-order valence-corrected chi connectivity index (χ4v) is 1.72. The van der Waals surface area contributed by atoms with Crippen LogP contribution in [-0.4, -0.2) is 15.6 Å². The maximum Gasteiger partial charge on any atom is 0.213 e. The molecule has 3 nitrogen and oxygen atoms in total. The molecule has 0 spiro atoms. The first-order valence-corrected chi connectivity index (χ1v) is 5.46. The lowest BCUT2D eigenvalue weighted by atomic mass is 10.1. The van der Waals surface area contributed by atoms with Crippen LogP contribution in [0.2, 0.25) is 0 Å². The third-order valence-electron chi connectivity index (χ3n) is 2.62. The third kappa shape index (κ3) is 2.11. The van der Waals surface area contributed by atoms with Gasteiger partial charge in [0.1, 0.15) is 11.5 Å². The van der Waals surface area contributed by atoms with Crippen LogP contribution < -0.4 is 0 Å². The molecule has 4 heteroatoms. The Kier molecular flexibility index (Phi) is 3.04. The van der Waals surface area contributed by atoms with Gasteiger partial charge in [-0.25, -0.2) is 4.39 Å². The lowest BCUT2D eigenvalue weighted by Gasteiger charge is -2.05. The van der Waals surface area contributed by atoms with Crippen LogP contribution in [0.5, 0.6) is 0 Å². The van der Waals surface area contributed by atoms with Crippen LogP contribution in [0.15, 0.2) is 30.5 Å². The molecule has 0 aliphatic heterocycles. The molecule has 0 saturated carbocycles. The summed E-state index contributed by atoms with van der Waals surface area (Å²) in [7, 11) is 0. The van der Waals surface area contributed by atoms with E-state index in [2.05, 4.69) is 5.10 Å². The summed E-state index contributed by atoms with van der Waals surface area (Å²) in [4.78, 5) is 12.1. The van der Waals surface area contributed by atoms with Crippen molar-refractivity contribution in [1.29, 1.82) is 0 Å². The highest BCUT2D eigenvalue weighted by molar-refractivity contribution is 6.08. The van der Waals surface area contributed by atoms with E-state index < -0.39 is 5.82 Å². The quantitative estimate of drug-likeness (QED) is 0.762. The van der Waals surface area contributed by atoms with Gasteiger partial charge in [0.25, 0.3) is 0 Å². The second-order valence-electron chi connectivity index (χ2n) is 3.84. The third-order valence-corrected chi connectivity index (χ3v) is 2.62. The molecule has 2 rings (SSSR count). The molecule has 0 radical (unpaired) electrons. The molecule has 0 fully saturated rings. The molecule has 0 unspecified atom stereocenters. The first-order valence-electron chi connectivity index (χ1n) is 5.46. The Morgan fingerprint density at radius 1 is 1.41 bits per heavy atom. The molecule has 0 aliphatic rings. The second kappa shape index (κ2) is 4.49. The molecule has 0 saturated heterocycles. The molecule has 17 heavy (non-hydrogen) atoms. The van der Waals surface area contributed by atoms with Gasteiger partial charge in [-0.05, 0) is 37.6 Å². The van der Waals surface area contributed by atoms with Crippen LogP contribution in [0, 0.1) is 12.7 Å². The number of carbonyl (C=O) groups excluding carboxylic acids is 1. The minimum absolute atomic E-state index is 0.0887. The highest BCUT2D eigenvalue weighted by Crippen LogP contribution is 2.15. The number of ketones is 1. The highest BCUT2D eigenvalue weighted by Gasteiger charge is 2.17. The first-order chi connectivity index (χ1) is 8.13. The van der Waals surface area contributed by atoms with E-state index in [1.807, 2.05) is 6.92 Å². The standard InChI is InChI=1S/C13H13FN2O/c1-3-16-12(6-7-15-16)13(17)10-5-4-9(2)8-11(10)14/h4-8H,3H2,1-2H3.